The van der Waals surface area contributed by atoms with Gasteiger partial charge >= 0.3 is 0 Å². The Morgan fingerprint density at radius 1 is 1.42 bits per heavy atom. The first-order valence-electron chi connectivity index (χ1n) is 4.35. The van der Waals surface area contributed by atoms with Gasteiger partial charge in [-0.3, -0.25) is 0 Å². The average Bonchev–Trinajstić information content (AvgIpc) is 2.05. The van der Waals surface area contributed by atoms with E-state index in [1.54, 1.807) is 0 Å². The minimum Gasteiger partial charge on any atom is -0.302 e. The van der Waals surface area contributed by atoms with E-state index in [2.05, 4.69) is 13.0 Å². The van der Waals surface area contributed by atoms with E-state index in [1.807, 2.05) is 32.9 Å². The maximum absolute atomic E-state index is 10.6. The van der Waals surface area contributed by atoms with Crippen molar-refractivity contribution in [2.75, 3.05) is 0 Å². The predicted molar refractivity (Wildman–Crippen MR) is 53.0 cm³/mol. The highest BCUT2D eigenvalue weighted by molar-refractivity contribution is 5.63. The van der Waals surface area contributed by atoms with Crippen molar-refractivity contribution in [3.63, 3.8) is 0 Å². The van der Waals surface area contributed by atoms with Gasteiger partial charge in [-0.05, 0) is 27.2 Å². The summed E-state index contributed by atoms with van der Waals surface area (Å²) in [7, 11) is 0. The minimum atomic E-state index is -0.321. The summed E-state index contributed by atoms with van der Waals surface area (Å²) < 4.78 is 0. The van der Waals surface area contributed by atoms with E-state index in [0.29, 0.717) is 0 Å². The Morgan fingerprint density at radius 3 is 2.42 bits per heavy atom. The van der Waals surface area contributed by atoms with Gasteiger partial charge in [0, 0.05) is 5.41 Å². The summed E-state index contributed by atoms with van der Waals surface area (Å²) in [5, 5.41) is 0. The van der Waals surface area contributed by atoms with Gasteiger partial charge in [0.2, 0.25) is 0 Å². The molecule has 0 aliphatic heterocycles. The lowest BCUT2D eigenvalue weighted by Crippen LogP contribution is -2.13. The molecule has 68 valence electrons. The van der Waals surface area contributed by atoms with E-state index >= 15 is 0 Å². The van der Waals surface area contributed by atoms with Crippen molar-refractivity contribution in [3.8, 4) is 0 Å². The van der Waals surface area contributed by atoms with Crippen molar-refractivity contribution < 1.29 is 4.79 Å². The largest absolute Gasteiger partial charge is 0.302 e. The van der Waals surface area contributed by atoms with Gasteiger partial charge in [-0.2, -0.15) is 0 Å². The maximum atomic E-state index is 10.6. The van der Waals surface area contributed by atoms with Crippen molar-refractivity contribution in [1.29, 1.82) is 0 Å². The topological polar surface area (TPSA) is 17.1 Å². The second kappa shape index (κ2) is 4.91. The number of carbonyl (C=O) groups excluding carboxylic acids is 1. The van der Waals surface area contributed by atoms with Crippen LogP contribution in [0.15, 0.2) is 23.8 Å². The predicted octanol–water partition coefficient (Wildman–Crippen LogP) is 3.12. The first kappa shape index (κ1) is 11.2. The van der Waals surface area contributed by atoms with Crippen LogP contribution in [0, 0.1) is 5.41 Å². The fourth-order valence-corrected chi connectivity index (χ4v) is 0.656. The molecule has 0 spiro atoms. The summed E-state index contributed by atoms with van der Waals surface area (Å²) in [5.41, 5.74) is 0.778. The summed E-state index contributed by atoms with van der Waals surface area (Å²) >= 11 is 0. The van der Waals surface area contributed by atoms with Crippen LogP contribution in [0.1, 0.15) is 34.1 Å². The lowest BCUT2D eigenvalue weighted by atomic mass is 9.87. The van der Waals surface area contributed by atoms with Crippen molar-refractivity contribution in [2.24, 2.45) is 5.41 Å². The Kier molecular flexibility index (Phi) is 4.57. The first-order valence-corrected chi connectivity index (χ1v) is 4.35. The molecule has 0 rings (SSSR count). The minimum absolute atomic E-state index is 0.321. The third kappa shape index (κ3) is 3.51. The molecule has 0 radical (unpaired) electrons. The highest BCUT2D eigenvalue weighted by Gasteiger charge is 2.17. The summed E-state index contributed by atoms with van der Waals surface area (Å²) in [6.45, 7) is 7.91. The molecule has 1 nitrogen and oxygen atoms in total. The Hall–Kier alpha value is -0.850. The van der Waals surface area contributed by atoms with Gasteiger partial charge in [-0.1, -0.05) is 30.7 Å². The molecule has 0 amide bonds. The molecule has 0 unspecified atom stereocenters. The molecule has 0 N–H and O–H groups in total. The van der Waals surface area contributed by atoms with Gasteiger partial charge in [0.05, 0.1) is 0 Å². The van der Waals surface area contributed by atoms with Crippen LogP contribution in [0.5, 0.6) is 0 Å². The molecule has 12 heavy (non-hydrogen) atoms. The molecule has 0 aliphatic rings. The highest BCUT2D eigenvalue weighted by atomic mass is 16.1. The molecule has 0 fully saturated rings. The van der Waals surface area contributed by atoms with Gasteiger partial charge in [0.15, 0.2) is 0 Å². The van der Waals surface area contributed by atoms with Crippen LogP contribution in [0.25, 0.3) is 0 Å². The van der Waals surface area contributed by atoms with Crippen LogP contribution in [0.2, 0.25) is 0 Å². The van der Waals surface area contributed by atoms with Crippen LogP contribution in [-0.2, 0) is 4.79 Å². The Bertz CT molecular complexity index is 197. The number of hydrogen-bond acceptors (Lipinski definition) is 1. The van der Waals surface area contributed by atoms with E-state index in [0.717, 1.165) is 18.3 Å². The SMILES string of the molecule is CC/C=C/C=C(\C)C(C)(C)C=O. The zero-order chi connectivity index (χ0) is 9.61. The van der Waals surface area contributed by atoms with Gasteiger partial charge in [0.25, 0.3) is 0 Å². The maximum Gasteiger partial charge on any atom is 0.129 e. The molecular weight excluding hydrogens is 148 g/mol. The highest BCUT2D eigenvalue weighted by Crippen LogP contribution is 2.22. The zero-order valence-corrected chi connectivity index (χ0v) is 8.42. The second-order valence-electron chi connectivity index (χ2n) is 3.53. The molecule has 0 aromatic heterocycles. The second-order valence-corrected chi connectivity index (χ2v) is 3.53. The lowest BCUT2D eigenvalue weighted by Gasteiger charge is -2.16. The fraction of sp³-hybridized carbons (Fsp3) is 0.545. The van der Waals surface area contributed by atoms with Crippen molar-refractivity contribution in [2.45, 2.75) is 34.1 Å². The van der Waals surface area contributed by atoms with E-state index < -0.39 is 0 Å². The van der Waals surface area contributed by atoms with E-state index in [4.69, 9.17) is 0 Å². The van der Waals surface area contributed by atoms with Crippen LogP contribution < -0.4 is 0 Å². The van der Waals surface area contributed by atoms with Crippen molar-refractivity contribution in [1.82, 2.24) is 0 Å². The normalized spacial score (nSPS) is 13.8. The molecule has 0 saturated carbocycles. The monoisotopic (exact) mass is 166 g/mol. The molecule has 0 saturated heterocycles. The van der Waals surface area contributed by atoms with Gasteiger partial charge in [-0.15, -0.1) is 0 Å². The Labute approximate surface area is 75.2 Å². The lowest BCUT2D eigenvalue weighted by molar-refractivity contribution is -0.113. The first-order chi connectivity index (χ1) is 5.54. The Balaban J connectivity index is 4.36. The number of carbonyl (C=O) groups is 1. The molecule has 1 heteroatoms. The number of hydrogen-bond donors (Lipinski definition) is 0. The zero-order valence-electron chi connectivity index (χ0n) is 8.42. The molecule has 0 heterocycles. The third-order valence-electron chi connectivity index (χ3n) is 2.03. The van der Waals surface area contributed by atoms with E-state index in [9.17, 15) is 4.79 Å². The summed E-state index contributed by atoms with van der Waals surface area (Å²) in [6, 6.07) is 0. The van der Waals surface area contributed by atoms with Gasteiger partial charge < -0.3 is 4.79 Å². The summed E-state index contributed by atoms with van der Waals surface area (Å²) in [6.07, 6.45) is 8.09. The van der Waals surface area contributed by atoms with Crippen molar-refractivity contribution >= 4 is 6.29 Å². The summed E-state index contributed by atoms with van der Waals surface area (Å²) in [5.74, 6) is 0. The number of aldehydes is 1. The van der Waals surface area contributed by atoms with E-state index in [1.165, 1.54) is 0 Å². The molecule has 0 aliphatic carbocycles. The number of rotatable bonds is 4. The average molecular weight is 166 g/mol. The molecule has 0 atom stereocenters. The molecular formula is C11H18O. The quantitative estimate of drug-likeness (QED) is 0.463. The molecule has 0 bridgehead atoms. The van der Waals surface area contributed by atoms with E-state index in [-0.39, 0.29) is 5.41 Å². The molecule has 0 aromatic rings. The summed E-state index contributed by atoms with van der Waals surface area (Å²) in [4.78, 5) is 10.6. The Morgan fingerprint density at radius 2 is 2.00 bits per heavy atom. The standard InChI is InChI=1S/C11H18O/c1-5-6-7-8-10(2)11(3,4)9-12/h6-9H,5H2,1-4H3/b7-6+,10-8+. The van der Waals surface area contributed by atoms with Crippen molar-refractivity contribution in [3.05, 3.63) is 23.8 Å². The fourth-order valence-electron chi connectivity index (χ4n) is 0.656. The molecule has 0 aromatic carbocycles. The van der Waals surface area contributed by atoms with Crippen LogP contribution in [0.3, 0.4) is 0 Å². The van der Waals surface area contributed by atoms with Gasteiger partial charge in [-0.25, -0.2) is 0 Å². The van der Waals surface area contributed by atoms with Crippen LogP contribution >= 0.6 is 0 Å². The number of allylic oxidation sites excluding steroid dienone is 4. The third-order valence-corrected chi connectivity index (χ3v) is 2.03. The van der Waals surface area contributed by atoms with Crippen LogP contribution in [0.4, 0.5) is 0 Å². The van der Waals surface area contributed by atoms with Crippen LogP contribution in [-0.4, -0.2) is 6.29 Å². The van der Waals surface area contributed by atoms with Gasteiger partial charge in [0.1, 0.15) is 6.29 Å². The smallest absolute Gasteiger partial charge is 0.129 e.